The van der Waals surface area contributed by atoms with Crippen molar-refractivity contribution in [2.24, 2.45) is 0 Å². The zero-order valence-electron chi connectivity index (χ0n) is 63.2. The first-order valence-electron chi connectivity index (χ1n) is 34.9. The van der Waals surface area contributed by atoms with Gasteiger partial charge in [0, 0.05) is 86.3 Å². The van der Waals surface area contributed by atoms with Gasteiger partial charge in [0.25, 0.3) is 0 Å². The largest absolute Gasteiger partial charge is 0.463 e. The normalized spacial score (nSPS) is 12.7. The van der Waals surface area contributed by atoms with E-state index >= 15 is 0 Å². The molecule has 23 nitrogen and oxygen atoms in total. The molecule has 586 valence electrons. The van der Waals surface area contributed by atoms with Gasteiger partial charge in [0.1, 0.15) is 31.5 Å². The topological polar surface area (TPSA) is 278 Å². The minimum Gasteiger partial charge on any atom is -0.463 e. The van der Waals surface area contributed by atoms with E-state index in [1.165, 1.54) is 4.90 Å². The Morgan fingerprint density at radius 1 is 0.442 bits per heavy atom. The van der Waals surface area contributed by atoms with Crippen LogP contribution in [-0.4, -0.2) is 206 Å². The number of rotatable bonds is 51. The summed E-state index contributed by atoms with van der Waals surface area (Å²) in [5.41, 5.74) is 0.694. The summed E-state index contributed by atoms with van der Waals surface area (Å²) in [5.74, 6) is -0.949. The predicted octanol–water partition coefficient (Wildman–Crippen LogP) is 14.0. The van der Waals surface area contributed by atoms with Gasteiger partial charge in [0.2, 0.25) is 0 Å². The van der Waals surface area contributed by atoms with Crippen molar-refractivity contribution >= 4 is 94.4 Å². The molecule has 0 saturated carbocycles. The van der Waals surface area contributed by atoms with Crippen LogP contribution in [0, 0.1) is 0 Å². The number of hydrogen-bond acceptors (Lipinski definition) is 27. The van der Waals surface area contributed by atoms with Crippen molar-refractivity contribution in [1.82, 2.24) is 0 Å². The number of carbonyl (C=O) groups is 8. The molecule has 0 bridgehead atoms. The van der Waals surface area contributed by atoms with Gasteiger partial charge in [-0.1, -0.05) is 62.7 Å². The average molecular weight is 1540 g/mol. The van der Waals surface area contributed by atoms with Crippen LogP contribution in [0.4, 0.5) is 0 Å². The van der Waals surface area contributed by atoms with E-state index in [2.05, 4.69) is 43.1 Å². The highest BCUT2D eigenvalue weighted by atomic mass is 32.2. The molecule has 1 aliphatic rings. The molecule has 4 atom stereocenters. The second kappa shape index (κ2) is 63.9. The van der Waals surface area contributed by atoms with Crippen molar-refractivity contribution in [3.63, 3.8) is 0 Å². The smallest absolute Gasteiger partial charge is 0.333 e. The highest BCUT2D eigenvalue weighted by molar-refractivity contribution is 7.99. The molecule has 27 heteroatoms. The molecule has 0 N–H and O–H groups in total. The van der Waals surface area contributed by atoms with E-state index in [0.717, 1.165) is 34.3 Å². The van der Waals surface area contributed by atoms with Gasteiger partial charge in [-0.05, 0) is 144 Å². The van der Waals surface area contributed by atoms with Crippen molar-refractivity contribution < 1.29 is 109 Å². The fourth-order valence-corrected chi connectivity index (χ4v) is 10.6. The summed E-state index contributed by atoms with van der Waals surface area (Å²) in [5, 5.41) is 4.26. The SMILES string of the molecule is C=C(C)C(=O)OCCCC(=O)OC(COC(C)C)CSc1ccccc1.C=C(C)C(=O)OCCCC(=O)OCCOC(C)C.C=CC(=O)OCCCC(=O)OC(COC(C)C)CSc1ccccc1.C=CC(=O)OCCCC(=O)OCCOC(C)C.CC(C)OCC(CSc1ccsc1)OCC1CO1. The van der Waals surface area contributed by atoms with E-state index in [0.29, 0.717) is 94.1 Å². The maximum Gasteiger partial charge on any atom is 0.333 e. The number of carbonyl (C=O) groups excluding carboxylic acids is 8. The number of epoxide rings is 1. The third-order valence-electron chi connectivity index (χ3n) is 12.3. The van der Waals surface area contributed by atoms with Crippen molar-refractivity contribution in [2.45, 2.75) is 204 Å². The van der Waals surface area contributed by atoms with Crippen LogP contribution < -0.4 is 0 Å². The van der Waals surface area contributed by atoms with Crippen LogP contribution in [0.2, 0.25) is 0 Å². The van der Waals surface area contributed by atoms with Crippen molar-refractivity contribution in [1.29, 1.82) is 0 Å². The first-order valence-corrected chi connectivity index (χ1v) is 38.8. The summed E-state index contributed by atoms with van der Waals surface area (Å²) >= 11 is 6.79. The molecule has 2 heterocycles. The van der Waals surface area contributed by atoms with Crippen LogP contribution in [0.1, 0.15) is 134 Å². The molecular formula is C77H116O23S4. The maximum absolute atomic E-state index is 12.0. The zero-order chi connectivity index (χ0) is 77.7. The van der Waals surface area contributed by atoms with E-state index < -0.39 is 23.9 Å². The standard InChI is InChI=1S/C20H28O5S.C19H26O5S.C13H22O5.C13H20O3S2.C12H20O5/c1-15(2)20(22)23-12-8-11-19(21)25-17(13-24-16(3)4)14-26-18-9-6-5-7-10-18;1-4-18(20)22-12-8-11-19(21)24-16(13-23-15(2)3)14-25-17-9-6-5-7-10-17;1-10(2)13(15)18-7-5-6-12(14)17-9-8-16-11(3)4;1-10(2)14-7-12(16-6-11-5-15-11)8-18-13-3-4-17-9-13;1-4-11(13)16-7-5-6-12(14)17-9-8-15-10(2)3/h5-7,9-10,16-17H,1,8,11-14H2,2-4H3;4-7,9-10,15-16H,1,8,11-14H2,2-3H3;11H,1,5-9H2,2-4H3;3-4,9-12H,5-8H2,1-2H3;4,10H,1,5-9H2,2-3H3. The zero-order valence-corrected chi connectivity index (χ0v) is 66.4. The molecule has 1 aliphatic heterocycles. The lowest BCUT2D eigenvalue weighted by molar-refractivity contribution is -0.153. The fourth-order valence-electron chi connectivity index (χ4n) is 7.04. The van der Waals surface area contributed by atoms with Crippen molar-refractivity contribution in [2.75, 3.05) is 103 Å². The third-order valence-corrected chi connectivity index (χ3v) is 16.6. The Hall–Kier alpha value is -6.37. The summed E-state index contributed by atoms with van der Waals surface area (Å²) in [4.78, 5) is 93.8. The number of esters is 8. The first-order chi connectivity index (χ1) is 49.6. The fraction of sp³-hybridized carbons (Fsp3) is 0.584. The van der Waals surface area contributed by atoms with Gasteiger partial charge in [-0.2, -0.15) is 11.3 Å². The van der Waals surface area contributed by atoms with Crippen LogP contribution in [0.25, 0.3) is 0 Å². The van der Waals surface area contributed by atoms with Gasteiger partial charge in [0.15, 0.2) is 0 Å². The van der Waals surface area contributed by atoms with Crippen LogP contribution in [0.5, 0.6) is 0 Å². The van der Waals surface area contributed by atoms with Gasteiger partial charge in [-0.3, -0.25) is 19.2 Å². The highest BCUT2D eigenvalue weighted by Crippen LogP contribution is 2.24. The Labute approximate surface area is 634 Å². The van der Waals surface area contributed by atoms with Crippen LogP contribution in [-0.2, 0) is 109 Å². The molecule has 1 aromatic heterocycles. The lowest BCUT2D eigenvalue weighted by Crippen LogP contribution is -2.27. The number of benzene rings is 2. The summed E-state index contributed by atoms with van der Waals surface area (Å²) in [6, 6.07) is 22.0. The second-order valence-corrected chi connectivity index (χ2v) is 28.1. The average Bonchev–Trinajstić information content (AvgIpc) is 1.70. The van der Waals surface area contributed by atoms with E-state index in [9.17, 15) is 38.4 Å². The van der Waals surface area contributed by atoms with Gasteiger partial charge in [-0.15, -0.1) is 35.3 Å². The Morgan fingerprint density at radius 3 is 1.12 bits per heavy atom. The Morgan fingerprint density at radius 2 is 0.788 bits per heavy atom. The minimum atomic E-state index is -0.490. The van der Waals surface area contributed by atoms with Gasteiger partial charge in [-0.25, -0.2) is 19.2 Å². The Kier molecular flexibility index (Phi) is 60.0. The molecule has 0 spiro atoms. The lowest BCUT2D eigenvalue weighted by Gasteiger charge is -2.19. The molecule has 0 radical (unpaired) electrons. The van der Waals surface area contributed by atoms with E-state index in [4.69, 9.17) is 71.1 Å². The summed E-state index contributed by atoms with van der Waals surface area (Å²) < 4.78 is 78.5. The summed E-state index contributed by atoms with van der Waals surface area (Å²) in [6.07, 6.45) is 5.21. The van der Waals surface area contributed by atoms with Crippen LogP contribution in [0.15, 0.2) is 142 Å². The molecule has 1 saturated heterocycles. The second-order valence-electron chi connectivity index (χ2n) is 24.1. The molecule has 3 aromatic rings. The van der Waals surface area contributed by atoms with E-state index in [-0.39, 0.29) is 138 Å². The van der Waals surface area contributed by atoms with E-state index in [1.807, 2.05) is 142 Å². The van der Waals surface area contributed by atoms with Crippen LogP contribution >= 0.6 is 46.6 Å². The van der Waals surface area contributed by atoms with Crippen LogP contribution in [0.3, 0.4) is 0 Å². The monoisotopic (exact) mass is 1540 g/mol. The number of hydrogen-bond donors (Lipinski definition) is 0. The third kappa shape index (κ3) is 63.0. The molecule has 4 rings (SSSR count). The predicted molar refractivity (Wildman–Crippen MR) is 407 cm³/mol. The van der Waals surface area contributed by atoms with Gasteiger partial charge < -0.3 is 71.1 Å². The number of thioether (sulfide) groups is 3. The minimum absolute atomic E-state index is 0.0690. The van der Waals surface area contributed by atoms with Gasteiger partial charge in [0.05, 0.1) is 109 Å². The van der Waals surface area contributed by atoms with E-state index in [1.54, 1.807) is 48.7 Å². The molecule has 0 amide bonds. The lowest BCUT2D eigenvalue weighted by atomic mass is 10.3. The first kappa shape index (κ1) is 97.6. The Balaban J connectivity index is 0.00000129. The number of thiophene rings is 1. The summed E-state index contributed by atoms with van der Waals surface area (Å²) in [6.45, 7) is 41.1. The quantitative estimate of drug-likeness (QED) is 0.0127. The molecule has 104 heavy (non-hydrogen) atoms. The highest BCUT2D eigenvalue weighted by Gasteiger charge is 2.25. The molecular weight excluding hydrogens is 1420 g/mol. The molecule has 0 aliphatic carbocycles. The summed E-state index contributed by atoms with van der Waals surface area (Å²) in [7, 11) is 0. The molecule has 4 unspecified atom stereocenters. The van der Waals surface area contributed by atoms with Gasteiger partial charge >= 0.3 is 47.8 Å². The number of ether oxygens (including phenoxy) is 15. The van der Waals surface area contributed by atoms with Crippen molar-refractivity contribution in [3.05, 3.63) is 127 Å². The van der Waals surface area contributed by atoms with Crippen molar-refractivity contribution in [3.8, 4) is 0 Å². The molecule has 1 fully saturated rings. The Bertz CT molecular complexity index is 2810. The molecule has 2 aromatic carbocycles. The maximum atomic E-state index is 12.0.